The predicted molar refractivity (Wildman–Crippen MR) is 74.5 cm³/mol. The second-order valence-electron chi connectivity index (χ2n) is 5.36. The Hall–Kier alpha value is -0.870. The molecule has 0 saturated carbocycles. The van der Waals surface area contributed by atoms with Gasteiger partial charge >= 0.3 is 0 Å². The molecule has 0 spiro atoms. The summed E-state index contributed by atoms with van der Waals surface area (Å²) < 4.78 is 1.90. The molecule has 1 unspecified atom stereocenters. The molecule has 0 aromatic carbocycles. The van der Waals surface area contributed by atoms with Crippen molar-refractivity contribution in [1.82, 2.24) is 20.0 Å². The van der Waals surface area contributed by atoms with Gasteiger partial charge in [-0.05, 0) is 45.8 Å². The highest BCUT2D eigenvalue weighted by molar-refractivity contribution is 5.14. The van der Waals surface area contributed by atoms with E-state index in [2.05, 4.69) is 35.4 Å². The molecule has 0 aliphatic carbocycles. The molecule has 1 aliphatic heterocycles. The highest BCUT2D eigenvalue weighted by Crippen LogP contribution is 2.12. The maximum absolute atomic E-state index is 4.39. The quantitative estimate of drug-likeness (QED) is 0.883. The van der Waals surface area contributed by atoms with Gasteiger partial charge in [0, 0.05) is 31.4 Å². The molecule has 1 N–H and O–H groups in total. The van der Waals surface area contributed by atoms with Gasteiger partial charge in [-0.1, -0.05) is 6.92 Å². The van der Waals surface area contributed by atoms with Crippen molar-refractivity contribution in [3.63, 3.8) is 0 Å². The number of hydrogen-bond acceptors (Lipinski definition) is 3. The van der Waals surface area contributed by atoms with Crippen LogP contribution in [0.15, 0.2) is 6.20 Å². The molecular formula is C14H26N4. The first kappa shape index (κ1) is 13.6. The Morgan fingerprint density at radius 3 is 2.89 bits per heavy atom. The van der Waals surface area contributed by atoms with Crippen molar-refractivity contribution in [2.24, 2.45) is 7.05 Å². The first-order valence-electron chi connectivity index (χ1n) is 7.14. The van der Waals surface area contributed by atoms with Gasteiger partial charge in [0.2, 0.25) is 0 Å². The number of likely N-dealkylation sites (tertiary alicyclic amines) is 1. The van der Waals surface area contributed by atoms with E-state index in [1.165, 1.54) is 44.5 Å². The van der Waals surface area contributed by atoms with Crippen molar-refractivity contribution in [3.8, 4) is 0 Å². The maximum atomic E-state index is 4.39. The smallest absolute Gasteiger partial charge is 0.0638 e. The molecule has 1 atom stereocenters. The van der Waals surface area contributed by atoms with Gasteiger partial charge in [0.25, 0.3) is 0 Å². The second-order valence-corrected chi connectivity index (χ2v) is 5.36. The molecular weight excluding hydrogens is 224 g/mol. The summed E-state index contributed by atoms with van der Waals surface area (Å²) in [6.45, 7) is 8.99. The second kappa shape index (κ2) is 6.34. The molecule has 0 radical (unpaired) electrons. The van der Waals surface area contributed by atoms with E-state index in [-0.39, 0.29) is 0 Å². The Bertz CT molecular complexity index is 372. The zero-order chi connectivity index (χ0) is 13.0. The van der Waals surface area contributed by atoms with Crippen LogP contribution in [0.3, 0.4) is 0 Å². The Labute approximate surface area is 110 Å². The Balaban J connectivity index is 1.81. The standard InChI is InChI=1S/C14H26N4/c1-4-18-8-5-6-14(7-9-18)15-10-13-11-17(3)16-12(13)2/h11,14-15H,4-10H2,1-3H3. The van der Waals surface area contributed by atoms with Crippen molar-refractivity contribution in [1.29, 1.82) is 0 Å². The first-order valence-corrected chi connectivity index (χ1v) is 7.14. The maximum Gasteiger partial charge on any atom is 0.0638 e. The van der Waals surface area contributed by atoms with Crippen LogP contribution in [0.4, 0.5) is 0 Å². The fourth-order valence-electron chi connectivity index (χ4n) is 2.75. The van der Waals surface area contributed by atoms with Crippen molar-refractivity contribution in [2.75, 3.05) is 19.6 Å². The van der Waals surface area contributed by atoms with Gasteiger partial charge in [-0.2, -0.15) is 5.10 Å². The van der Waals surface area contributed by atoms with Crippen LogP contribution in [0.1, 0.15) is 37.4 Å². The van der Waals surface area contributed by atoms with Gasteiger partial charge < -0.3 is 10.2 Å². The minimum absolute atomic E-state index is 0.668. The molecule has 1 aromatic heterocycles. The topological polar surface area (TPSA) is 33.1 Å². The third-order valence-electron chi connectivity index (χ3n) is 3.96. The van der Waals surface area contributed by atoms with E-state index in [1.807, 2.05) is 11.7 Å². The first-order chi connectivity index (χ1) is 8.69. The Morgan fingerprint density at radius 1 is 1.39 bits per heavy atom. The summed E-state index contributed by atoms with van der Waals surface area (Å²) in [6.07, 6.45) is 6.01. The number of aryl methyl sites for hydroxylation is 2. The summed E-state index contributed by atoms with van der Waals surface area (Å²) in [6, 6.07) is 0.668. The fourth-order valence-corrected chi connectivity index (χ4v) is 2.75. The summed E-state index contributed by atoms with van der Waals surface area (Å²) in [7, 11) is 1.99. The third kappa shape index (κ3) is 3.56. The Morgan fingerprint density at radius 2 is 2.22 bits per heavy atom. The lowest BCUT2D eigenvalue weighted by Crippen LogP contribution is -2.30. The third-order valence-corrected chi connectivity index (χ3v) is 3.96. The van der Waals surface area contributed by atoms with Crippen LogP contribution in [-0.2, 0) is 13.6 Å². The average Bonchev–Trinajstić information content (AvgIpc) is 2.55. The van der Waals surface area contributed by atoms with Gasteiger partial charge in [0.05, 0.1) is 5.69 Å². The summed E-state index contributed by atoms with van der Waals surface area (Å²) in [5.41, 5.74) is 2.47. The van der Waals surface area contributed by atoms with Gasteiger partial charge in [-0.25, -0.2) is 0 Å². The monoisotopic (exact) mass is 250 g/mol. The van der Waals surface area contributed by atoms with E-state index in [1.54, 1.807) is 0 Å². The van der Waals surface area contributed by atoms with Crippen LogP contribution in [0.25, 0.3) is 0 Å². The van der Waals surface area contributed by atoms with E-state index in [4.69, 9.17) is 0 Å². The number of nitrogens with zero attached hydrogens (tertiary/aromatic N) is 3. The lowest BCUT2D eigenvalue weighted by molar-refractivity contribution is 0.297. The molecule has 102 valence electrons. The largest absolute Gasteiger partial charge is 0.310 e. The molecule has 4 nitrogen and oxygen atoms in total. The molecule has 1 aliphatic rings. The zero-order valence-electron chi connectivity index (χ0n) is 11.9. The van der Waals surface area contributed by atoms with E-state index >= 15 is 0 Å². The van der Waals surface area contributed by atoms with Crippen LogP contribution >= 0.6 is 0 Å². The van der Waals surface area contributed by atoms with Gasteiger partial charge in [0.15, 0.2) is 0 Å². The molecule has 18 heavy (non-hydrogen) atoms. The van der Waals surface area contributed by atoms with Crippen LogP contribution < -0.4 is 5.32 Å². The molecule has 1 saturated heterocycles. The zero-order valence-corrected chi connectivity index (χ0v) is 11.9. The van der Waals surface area contributed by atoms with Gasteiger partial charge in [-0.15, -0.1) is 0 Å². The van der Waals surface area contributed by atoms with Crippen molar-refractivity contribution < 1.29 is 0 Å². The molecule has 0 amide bonds. The molecule has 1 fully saturated rings. The molecule has 0 bridgehead atoms. The number of aromatic nitrogens is 2. The lowest BCUT2D eigenvalue weighted by Gasteiger charge is -2.18. The van der Waals surface area contributed by atoms with Crippen molar-refractivity contribution in [3.05, 3.63) is 17.5 Å². The van der Waals surface area contributed by atoms with Crippen LogP contribution in [0.2, 0.25) is 0 Å². The van der Waals surface area contributed by atoms with Gasteiger partial charge in [-0.3, -0.25) is 4.68 Å². The van der Waals surface area contributed by atoms with Crippen LogP contribution in [-0.4, -0.2) is 40.4 Å². The van der Waals surface area contributed by atoms with E-state index in [0.29, 0.717) is 6.04 Å². The summed E-state index contributed by atoms with van der Waals surface area (Å²) in [4.78, 5) is 2.55. The minimum atomic E-state index is 0.668. The number of rotatable bonds is 4. The molecule has 2 rings (SSSR count). The summed E-state index contributed by atoms with van der Waals surface area (Å²) in [5.74, 6) is 0. The minimum Gasteiger partial charge on any atom is -0.310 e. The van der Waals surface area contributed by atoms with E-state index < -0.39 is 0 Å². The molecule has 4 heteroatoms. The lowest BCUT2D eigenvalue weighted by atomic mass is 10.1. The van der Waals surface area contributed by atoms with Crippen LogP contribution in [0, 0.1) is 6.92 Å². The molecule has 2 heterocycles. The van der Waals surface area contributed by atoms with Crippen molar-refractivity contribution >= 4 is 0 Å². The highest BCUT2D eigenvalue weighted by atomic mass is 15.3. The normalized spacial score (nSPS) is 22.1. The Kier molecular flexibility index (Phi) is 4.78. The predicted octanol–water partition coefficient (Wildman–Crippen LogP) is 1.69. The van der Waals surface area contributed by atoms with Gasteiger partial charge in [0.1, 0.15) is 0 Å². The average molecular weight is 250 g/mol. The van der Waals surface area contributed by atoms with E-state index in [9.17, 15) is 0 Å². The molecule has 1 aromatic rings. The van der Waals surface area contributed by atoms with Crippen LogP contribution in [0.5, 0.6) is 0 Å². The van der Waals surface area contributed by atoms with Crippen molar-refractivity contribution in [2.45, 2.75) is 45.7 Å². The highest BCUT2D eigenvalue weighted by Gasteiger charge is 2.15. The van der Waals surface area contributed by atoms with E-state index in [0.717, 1.165) is 12.2 Å². The number of hydrogen-bond donors (Lipinski definition) is 1. The fraction of sp³-hybridized carbons (Fsp3) is 0.786. The SMILES string of the molecule is CCN1CCCC(NCc2cn(C)nc2C)CC1. The summed E-state index contributed by atoms with van der Waals surface area (Å²) >= 11 is 0. The number of nitrogens with one attached hydrogen (secondary N) is 1. The summed E-state index contributed by atoms with van der Waals surface area (Å²) in [5, 5.41) is 8.08.